The molecule has 0 spiro atoms. The zero-order chi connectivity index (χ0) is 13.2. The summed E-state index contributed by atoms with van der Waals surface area (Å²) in [4.78, 5) is 0.373. The van der Waals surface area contributed by atoms with E-state index in [0.717, 1.165) is 24.8 Å². The lowest BCUT2D eigenvalue weighted by molar-refractivity contribution is 0.282. The van der Waals surface area contributed by atoms with Crippen molar-refractivity contribution in [2.24, 2.45) is 0 Å². The summed E-state index contributed by atoms with van der Waals surface area (Å²) < 4.78 is 26.0. The maximum atomic E-state index is 12.2. The van der Waals surface area contributed by atoms with Crippen molar-refractivity contribution in [3.05, 3.63) is 29.8 Å². The van der Waals surface area contributed by atoms with Crippen molar-refractivity contribution < 1.29 is 13.5 Å². The first-order valence-electron chi connectivity index (χ1n) is 6.25. The Kier molecular flexibility index (Phi) is 4.04. The Balaban J connectivity index is 1.99. The number of aryl methyl sites for hydroxylation is 1. The summed E-state index contributed by atoms with van der Waals surface area (Å²) in [5.74, 6) is 0. The van der Waals surface area contributed by atoms with Crippen molar-refractivity contribution in [2.45, 2.75) is 37.1 Å². The molecule has 0 amide bonds. The minimum absolute atomic E-state index is 0.128. The quantitative estimate of drug-likeness (QED) is 0.629. The number of hydrogen-bond donors (Lipinski definition) is 1. The summed E-state index contributed by atoms with van der Waals surface area (Å²) in [5, 5.41) is 8.70. The number of sulfonamides is 1. The van der Waals surface area contributed by atoms with Gasteiger partial charge in [-0.2, -0.15) is 4.31 Å². The number of hydrogen-bond acceptors (Lipinski definition) is 3. The third-order valence-electron chi connectivity index (χ3n) is 3.24. The number of benzene rings is 1. The van der Waals surface area contributed by atoms with E-state index in [4.69, 9.17) is 5.11 Å². The molecule has 1 aromatic rings. The lowest BCUT2D eigenvalue weighted by Gasteiger charge is -2.06. The Bertz CT molecular complexity index is 495. The molecule has 1 N–H and O–H groups in total. The number of rotatable bonds is 6. The molecule has 18 heavy (non-hydrogen) atoms. The molecule has 4 nitrogen and oxygen atoms in total. The molecule has 2 unspecified atom stereocenters. The van der Waals surface area contributed by atoms with Gasteiger partial charge in [-0.15, -0.1) is 0 Å². The van der Waals surface area contributed by atoms with Gasteiger partial charge in [-0.25, -0.2) is 8.42 Å². The van der Waals surface area contributed by atoms with Gasteiger partial charge in [-0.05, 0) is 38.3 Å². The third kappa shape index (κ3) is 2.91. The first kappa shape index (κ1) is 13.5. The summed E-state index contributed by atoms with van der Waals surface area (Å²) in [6.45, 7) is 2.73. The molecule has 1 saturated heterocycles. The monoisotopic (exact) mass is 269 g/mol. The molecule has 0 bridgehead atoms. The van der Waals surface area contributed by atoms with E-state index in [-0.39, 0.29) is 12.6 Å². The number of aliphatic hydroxyl groups excluding tert-OH is 1. The van der Waals surface area contributed by atoms with E-state index < -0.39 is 10.0 Å². The van der Waals surface area contributed by atoms with Crippen LogP contribution in [0.1, 0.15) is 24.8 Å². The van der Waals surface area contributed by atoms with Gasteiger partial charge < -0.3 is 5.11 Å². The molecule has 0 aliphatic carbocycles. The topological polar surface area (TPSA) is 57.4 Å². The Labute approximate surface area is 108 Å². The summed E-state index contributed by atoms with van der Waals surface area (Å²) in [6, 6.07) is 7.08. The second-order valence-corrected chi connectivity index (χ2v) is 6.65. The molecule has 1 aliphatic rings. The molecule has 1 aliphatic heterocycles. The van der Waals surface area contributed by atoms with Gasteiger partial charge in [0.2, 0.25) is 10.0 Å². The predicted molar refractivity (Wildman–Crippen MR) is 69.8 cm³/mol. The fourth-order valence-electron chi connectivity index (χ4n) is 2.03. The predicted octanol–water partition coefficient (Wildman–Crippen LogP) is 1.53. The van der Waals surface area contributed by atoms with Crippen LogP contribution in [0.3, 0.4) is 0 Å². The maximum absolute atomic E-state index is 12.2. The molecule has 0 radical (unpaired) electrons. The fraction of sp³-hybridized carbons (Fsp3) is 0.538. The summed E-state index contributed by atoms with van der Waals surface area (Å²) in [6.07, 6.45) is 2.46. The van der Waals surface area contributed by atoms with E-state index in [1.165, 1.54) is 4.31 Å². The van der Waals surface area contributed by atoms with Crippen LogP contribution in [0.25, 0.3) is 0 Å². The zero-order valence-electron chi connectivity index (χ0n) is 10.5. The Morgan fingerprint density at radius 1 is 1.28 bits per heavy atom. The van der Waals surface area contributed by atoms with Gasteiger partial charge in [0.1, 0.15) is 0 Å². The molecule has 0 aromatic heterocycles. The van der Waals surface area contributed by atoms with E-state index in [9.17, 15) is 8.42 Å². The van der Waals surface area contributed by atoms with Crippen molar-refractivity contribution in [3.8, 4) is 0 Å². The average molecular weight is 269 g/mol. The molecule has 1 aromatic carbocycles. The summed E-state index contributed by atoms with van der Waals surface area (Å²) in [7, 11) is -3.30. The number of aliphatic hydroxyl groups is 1. The Morgan fingerprint density at radius 3 is 2.56 bits per heavy atom. The lowest BCUT2D eigenvalue weighted by atomic mass is 10.2. The van der Waals surface area contributed by atoms with E-state index in [0.29, 0.717) is 11.4 Å². The summed E-state index contributed by atoms with van der Waals surface area (Å²) >= 11 is 0. The highest BCUT2D eigenvalue weighted by Gasteiger charge is 2.43. The van der Waals surface area contributed by atoms with Crippen molar-refractivity contribution in [1.29, 1.82) is 0 Å². The molecule has 5 heteroatoms. The lowest BCUT2D eigenvalue weighted by Crippen LogP contribution is -2.14. The average Bonchev–Trinajstić information content (AvgIpc) is 3.10. The van der Waals surface area contributed by atoms with Crippen LogP contribution < -0.4 is 0 Å². The van der Waals surface area contributed by atoms with Crippen LogP contribution >= 0.6 is 0 Å². The Morgan fingerprint density at radius 2 is 1.94 bits per heavy atom. The third-order valence-corrected chi connectivity index (χ3v) is 5.17. The van der Waals surface area contributed by atoms with Crippen LogP contribution in [-0.4, -0.2) is 37.0 Å². The fourth-order valence-corrected chi connectivity index (χ4v) is 3.64. The van der Waals surface area contributed by atoms with Crippen molar-refractivity contribution in [2.75, 3.05) is 13.2 Å². The van der Waals surface area contributed by atoms with Gasteiger partial charge in [0.05, 0.1) is 4.90 Å². The SMILES string of the molecule is Cc1ccc(S(=O)(=O)N2CC2CCCCO)cc1. The Hall–Kier alpha value is -0.910. The molecule has 2 atom stereocenters. The van der Waals surface area contributed by atoms with Crippen molar-refractivity contribution >= 4 is 10.0 Å². The van der Waals surface area contributed by atoms with Crippen LogP contribution in [0.2, 0.25) is 0 Å². The minimum Gasteiger partial charge on any atom is -0.396 e. The van der Waals surface area contributed by atoms with Crippen molar-refractivity contribution in [3.63, 3.8) is 0 Å². The van der Waals surface area contributed by atoms with Gasteiger partial charge in [-0.3, -0.25) is 0 Å². The van der Waals surface area contributed by atoms with Gasteiger partial charge >= 0.3 is 0 Å². The highest BCUT2D eigenvalue weighted by molar-refractivity contribution is 7.89. The first-order valence-corrected chi connectivity index (χ1v) is 7.69. The second-order valence-electron chi connectivity index (χ2n) is 4.76. The van der Waals surface area contributed by atoms with Gasteiger partial charge in [0.15, 0.2) is 0 Å². The van der Waals surface area contributed by atoms with Gasteiger partial charge in [-0.1, -0.05) is 17.7 Å². The standard InChI is InChI=1S/C13H19NO3S/c1-11-5-7-13(8-6-11)18(16,17)14-10-12(14)4-2-3-9-15/h5-8,12,15H,2-4,9-10H2,1H3. The normalized spacial score (nSPS) is 23.0. The largest absolute Gasteiger partial charge is 0.396 e. The van der Waals surface area contributed by atoms with Gasteiger partial charge in [0, 0.05) is 19.2 Å². The molecule has 2 rings (SSSR count). The van der Waals surface area contributed by atoms with Crippen LogP contribution in [0.4, 0.5) is 0 Å². The summed E-state index contributed by atoms with van der Waals surface area (Å²) in [5.41, 5.74) is 1.05. The number of unbranched alkanes of at least 4 members (excludes halogenated alkanes) is 1. The van der Waals surface area contributed by atoms with E-state index >= 15 is 0 Å². The highest BCUT2D eigenvalue weighted by Crippen LogP contribution is 2.31. The van der Waals surface area contributed by atoms with Crippen LogP contribution in [-0.2, 0) is 10.0 Å². The van der Waals surface area contributed by atoms with E-state index in [1.807, 2.05) is 19.1 Å². The molecular formula is C13H19NO3S. The molecular weight excluding hydrogens is 250 g/mol. The maximum Gasteiger partial charge on any atom is 0.243 e. The van der Waals surface area contributed by atoms with Crippen molar-refractivity contribution in [1.82, 2.24) is 4.31 Å². The van der Waals surface area contributed by atoms with E-state index in [2.05, 4.69) is 0 Å². The first-order chi connectivity index (χ1) is 8.55. The van der Waals surface area contributed by atoms with Crippen LogP contribution in [0.15, 0.2) is 29.2 Å². The van der Waals surface area contributed by atoms with Gasteiger partial charge in [0.25, 0.3) is 0 Å². The molecule has 1 fully saturated rings. The molecule has 1 heterocycles. The smallest absolute Gasteiger partial charge is 0.243 e. The zero-order valence-corrected chi connectivity index (χ0v) is 11.4. The van der Waals surface area contributed by atoms with Crippen LogP contribution in [0.5, 0.6) is 0 Å². The van der Waals surface area contributed by atoms with E-state index in [1.54, 1.807) is 12.1 Å². The molecule has 0 saturated carbocycles. The highest BCUT2D eigenvalue weighted by atomic mass is 32.2. The minimum atomic E-state index is -3.30. The second kappa shape index (κ2) is 5.38. The number of nitrogens with zero attached hydrogens (tertiary/aromatic N) is 1. The molecule has 100 valence electrons. The van der Waals surface area contributed by atoms with Crippen LogP contribution in [0, 0.1) is 6.92 Å².